The Balaban J connectivity index is 1.57. The van der Waals surface area contributed by atoms with E-state index in [1.165, 1.54) is 5.39 Å². The van der Waals surface area contributed by atoms with E-state index < -0.39 is 0 Å². The predicted octanol–water partition coefficient (Wildman–Crippen LogP) is 4.83. The molecule has 0 atom stereocenters. The Bertz CT molecular complexity index is 1250. The highest BCUT2D eigenvalue weighted by molar-refractivity contribution is 6.30. The zero-order chi connectivity index (χ0) is 22.1. The first kappa shape index (κ1) is 20.7. The van der Waals surface area contributed by atoms with E-state index in [1.807, 2.05) is 42.1 Å². The van der Waals surface area contributed by atoms with Crippen molar-refractivity contribution in [3.63, 3.8) is 0 Å². The van der Waals surface area contributed by atoms with E-state index in [4.69, 9.17) is 26.3 Å². The van der Waals surface area contributed by atoms with Gasteiger partial charge in [0.05, 0.1) is 30.1 Å². The summed E-state index contributed by atoms with van der Waals surface area (Å²) in [6.45, 7) is 5.01. The Morgan fingerprint density at radius 1 is 1.03 bits per heavy atom. The van der Waals surface area contributed by atoms with Gasteiger partial charge in [0, 0.05) is 47.9 Å². The molecule has 3 heterocycles. The van der Waals surface area contributed by atoms with E-state index in [9.17, 15) is 0 Å². The maximum atomic E-state index is 6.04. The minimum absolute atomic E-state index is 0.675. The number of anilines is 3. The van der Waals surface area contributed by atoms with Crippen LogP contribution in [0.15, 0.2) is 48.5 Å². The molecule has 5 rings (SSSR count). The number of halogens is 1. The fraction of sp³-hybridized carbons (Fsp3) is 0.292. The number of aryl methyl sites for hydroxylation is 2. The average molecular weight is 449 g/mol. The molecular formula is C24H25ClN6O. The highest BCUT2D eigenvalue weighted by Gasteiger charge is 2.17. The minimum Gasteiger partial charge on any atom is -0.378 e. The molecule has 0 aliphatic carbocycles. The van der Waals surface area contributed by atoms with Gasteiger partial charge in [-0.1, -0.05) is 30.7 Å². The van der Waals surface area contributed by atoms with Crippen molar-refractivity contribution in [2.75, 3.05) is 36.5 Å². The van der Waals surface area contributed by atoms with Gasteiger partial charge in [0.15, 0.2) is 0 Å². The Morgan fingerprint density at radius 2 is 1.81 bits per heavy atom. The van der Waals surface area contributed by atoms with Gasteiger partial charge in [-0.25, -0.2) is 4.98 Å². The molecule has 1 fully saturated rings. The molecule has 32 heavy (non-hydrogen) atoms. The van der Waals surface area contributed by atoms with Crippen LogP contribution in [0.25, 0.3) is 22.2 Å². The molecule has 1 aliphatic heterocycles. The molecule has 4 aromatic rings. The third kappa shape index (κ3) is 4.13. The number of rotatable bonds is 5. The molecule has 0 unspecified atom stereocenters. The van der Waals surface area contributed by atoms with Crippen molar-refractivity contribution >= 4 is 40.0 Å². The monoisotopic (exact) mass is 448 g/mol. The van der Waals surface area contributed by atoms with E-state index >= 15 is 0 Å². The molecule has 0 bridgehead atoms. The first-order chi connectivity index (χ1) is 15.6. The highest BCUT2D eigenvalue weighted by atomic mass is 35.5. The summed E-state index contributed by atoms with van der Waals surface area (Å²) in [5.74, 6) is 1.43. The molecule has 0 saturated carbocycles. The first-order valence-corrected chi connectivity index (χ1v) is 11.2. The SMILES string of the molecule is CCc1nn(C)c2cc(-c3cc(Nc4ccc(Cl)cc4)nc(N4CCOCC4)n3)ccc12. The van der Waals surface area contributed by atoms with E-state index in [-0.39, 0.29) is 0 Å². The molecular weight excluding hydrogens is 424 g/mol. The van der Waals surface area contributed by atoms with Crippen molar-refractivity contribution in [1.29, 1.82) is 0 Å². The number of aromatic nitrogens is 4. The second-order valence-corrected chi connectivity index (χ2v) is 8.26. The first-order valence-electron chi connectivity index (χ1n) is 10.8. The lowest BCUT2D eigenvalue weighted by Crippen LogP contribution is -2.37. The van der Waals surface area contributed by atoms with Crippen LogP contribution in [-0.2, 0) is 18.2 Å². The molecule has 1 saturated heterocycles. The van der Waals surface area contributed by atoms with Crippen LogP contribution in [0.5, 0.6) is 0 Å². The van der Waals surface area contributed by atoms with Crippen molar-refractivity contribution in [2.45, 2.75) is 13.3 Å². The molecule has 2 aromatic carbocycles. The third-order valence-corrected chi connectivity index (χ3v) is 5.94. The summed E-state index contributed by atoms with van der Waals surface area (Å²) in [4.78, 5) is 11.9. The van der Waals surface area contributed by atoms with Crippen molar-refractivity contribution < 1.29 is 4.74 Å². The number of morpholine rings is 1. The van der Waals surface area contributed by atoms with Gasteiger partial charge in [0.1, 0.15) is 5.82 Å². The molecule has 1 aliphatic rings. The molecule has 0 radical (unpaired) electrons. The summed E-state index contributed by atoms with van der Waals surface area (Å²) in [7, 11) is 1.98. The lowest BCUT2D eigenvalue weighted by atomic mass is 10.1. The largest absolute Gasteiger partial charge is 0.378 e. The Labute approximate surface area is 192 Å². The topological polar surface area (TPSA) is 68.1 Å². The second-order valence-electron chi connectivity index (χ2n) is 7.83. The van der Waals surface area contributed by atoms with Gasteiger partial charge in [0.2, 0.25) is 5.95 Å². The number of nitrogens with zero attached hydrogens (tertiary/aromatic N) is 5. The quantitative estimate of drug-likeness (QED) is 0.471. The van der Waals surface area contributed by atoms with E-state index in [0.717, 1.165) is 53.5 Å². The van der Waals surface area contributed by atoms with Crippen LogP contribution in [0.1, 0.15) is 12.6 Å². The number of nitrogens with one attached hydrogen (secondary N) is 1. The minimum atomic E-state index is 0.675. The Hall–Kier alpha value is -3.16. The number of benzene rings is 2. The van der Waals surface area contributed by atoms with Crippen LogP contribution >= 0.6 is 11.6 Å². The second kappa shape index (κ2) is 8.76. The van der Waals surface area contributed by atoms with Crippen molar-refractivity contribution in [2.24, 2.45) is 7.05 Å². The van der Waals surface area contributed by atoms with Gasteiger partial charge in [-0.05, 0) is 36.8 Å². The number of ether oxygens (including phenoxy) is 1. The summed E-state index contributed by atoms with van der Waals surface area (Å²) in [5, 5.41) is 9.93. The van der Waals surface area contributed by atoms with E-state index in [1.54, 1.807) is 0 Å². The zero-order valence-corrected chi connectivity index (χ0v) is 18.9. The number of fused-ring (bicyclic) bond motifs is 1. The van der Waals surface area contributed by atoms with Crippen LogP contribution in [0.3, 0.4) is 0 Å². The smallest absolute Gasteiger partial charge is 0.228 e. The van der Waals surface area contributed by atoms with Crippen LogP contribution in [0.2, 0.25) is 5.02 Å². The summed E-state index contributed by atoms with van der Waals surface area (Å²) in [6, 6.07) is 16.0. The molecule has 0 amide bonds. The maximum absolute atomic E-state index is 6.04. The van der Waals surface area contributed by atoms with E-state index in [0.29, 0.717) is 24.2 Å². The third-order valence-electron chi connectivity index (χ3n) is 5.68. The maximum Gasteiger partial charge on any atom is 0.228 e. The molecule has 7 nitrogen and oxygen atoms in total. The van der Waals surface area contributed by atoms with Crippen LogP contribution in [0.4, 0.5) is 17.5 Å². The molecule has 0 spiro atoms. The molecule has 8 heteroatoms. The highest BCUT2D eigenvalue weighted by Crippen LogP contribution is 2.29. The van der Waals surface area contributed by atoms with E-state index in [2.05, 4.69) is 40.4 Å². The van der Waals surface area contributed by atoms with Crippen molar-refractivity contribution in [1.82, 2.24) is 19.7 Å². The lowest BCUT2D eigenvalue weighted by Gasteiger charge is -2.27. The fourth-order valence-corrected chi connectivity index (χ4v) is 4.11. The van der Waals surface area contributed by atoms with Gasteiger partial charge in [-0.15, -0.1) is 0 Å². The molecule has 2 aromatic heterocycles. The summed E-state index contributed by atoms with van der Waals surface area (Å²) < 4.78 is 7.45. The predicted molar refractivity (Wildman–Crippen MR) is 129 cm³/mol. The zero-order valence-electron chi connectivity index (χ0n) is 18.2. The van der Waals surface area contributed by atoms with Crippen LogP contribution in [-0.4, -0.2) is 46.1 Å². The molecule has 164 valence electrons. The summed E-state index contributed by atoms with van der Waals surface area (Å²) in [5.41, 5.74) is 5.01. The molecule has 1 N–H and O–H groups in total. The fourth-order valence-electron chi connectivity index (χ4n) is 3.99. The Morgan fingerprint density at radius 3 is 2.56 bits per heavy atom. The number of hydrogen-bond acceptors (Lipinski definition) is 6. The average Bonchev–Trinajstić information content (AvgIpc) is 3.16. The summed E-state index contributed by atoms with van der Waals surface area (Å²) >= 11 is 6.04. The van der Waals surface area contributed by atoms with Gasteiger partial charge >= 0.3 is 0 Å². The van der Waals surface area contributed by atoms with Crippen molar-refractivity contribution in [3.8, 4) is 11.3 Å². The Kier molecular flexibility index (Phi) is 5.68. The van der Waals surface area contributed by atoms with Gasteiger partial charge in [-0.3, -0.25) is 4.68 Å². The van der Waals surface area contributed by atoms with Crippen LogP contribution in [0, 0.1) is 0 Å². The lowest BCUT2D eigenvalue weighted by molar-refractivity contribution is 0.122. The van der Waals surface area contributed by atoms with Gasteiger partial charge < -0.3 is 15.0 Å². The van der Waals surface area contributed by atoms with Crippen LogP contribution < -0.4 is 10.2 Å². The van der Waals surface area contributed by atoms with Crippen molar-refractivity contribution in [3.05, 3.63) is 59.2 Å². The summed E-state index contributed by atoms with van der Waals surface area (Å²) in [6.07, 6.45) is 0.903. The normalized spacial score (nSPS) is 14.2. The van der Waals surface area contributed by atoms with Gasteiger partial charge in [-0.2, -0.15) is 10.1 Å². The van der Waals surface area contributed by atoms with Gasteiger partial charge in [0.25, 0.3) is 0 Å². The standard InChI is InChI=1S/C24H25ClN6O/c1-3-20-19-9-4-16(14-22(19)30(2)29-20)21-15-23(26-18-7-5-17(25)6-8-18)28-24(27-21)31-10-12-32-13-11-31/h4-9,14-15H,3,10-13H2,1-2H3,(H,26,27,28). The number of hydrogen-bond donors (Lipinski definition) is 1.